The summed E-state index contributed by atoms with van der Waals surface area (Å²) < 4.78 is 5.05. The fraction of sp³-hybridized carbons (Fsp3) is 0.818. The molecule has 0 aromatic rings. The summed E-state index contributed by atoms with van der Waals surface area (Å²) in [5.41, 5.74) is 5.27. The first-order valence-electron chi connectivity index (χ1n) is 5.51. The Bertz CT molecular complexity index is 204. The number of ketones is 1. The lowest BCUT2D eigenvalue weighted by molar-refractivity contribution is -0.149. The number of rotatable bonds is 8. The van der Waals surface area contributed by atoms with Crippen molar-refractivity contribution in [2.75, 3.05) is 6.54 Å². The molecule has 0 saturated heterocycles. The zero-order valence-electron chi connectivity index (χ0n) is 9.62. The molecule has 0 fully saturated rings. The van der Waals surface area contributed by atoms with Gasteiger partial charge < -0.3 is 10.5 Å². The molecule has 4 heteroatoms. The van der Waals surface area contributed by atoms with Gasteiger partial charge in [-0.1, -0.05) is 6.92 Å². The van der Waals surface area contributed by atoms with Crippen molar-refractivity contribution >= 4 is 11.8 Å². The fourth-order valence-corrected chi connectivity index (χ4v) is 1.27. The Kier molecular flexibility index (Phi) is 7.91. The normalized spacial score (nSPS) is 12.2. The number of hydrogen-bond donors (Lipinski definition) is 1. The van der Waals surface area contributed by atoms with E-state index in [-0.39, 0.29) is 17.9 Å². The van der Waals surface area contributed by atoms with Crippen molar-refractivity contribution in [1.82, 2.24) is 0 Å². The van der Waals surface area contributed by atoms with Crippen LogP contribution in [0.3, 0.4) is 0 Å². The average molecular weight is 215 g/mol. The molecule has 0 aliphatic carbocycles. The Hall–Kier alpha value is -0.900. The van der Waals surface area contributed by atoms with Crippen LogP contribution in [0.1, 0.15) is 46.0 Å². The fourth-order valence-electron chi connectivity index (χ4n) is 1.27. The predicted octanol–water partition coefficient (Wildman–Crippen LogP) is 1.42. The highest BCUT2D eigenvalue weighted by atomic mass is 16.5. The maximum atomic E-state index is 11.2. The lowest BCUT2D eigenvalue weighted by Gasteiger charge is -2.11. The Morgan fingerprint density at radius 3 is 2.53 bits per heavy atom. The van der Waals surface area contributed by atoms with Crippen LogP contribution in [-0.2, 0) is 14.3 Å². The zero-order chi connectivity index (χ0) is 11.7. The van der Waals surface area contributed by atoms with E-state index in [1.165, 1.54) is 0 Å². The first kappa shape index (κ1) is 14.1. The van der Waals surface area contributed by atoms with Crippen LogP contribution < -0.4 is 5.73 Å². The highest BCUT2D eigenvalue weighted by molar-refractivity contribution is 5.79. The van der Waals surface area contributed by atoms with Crippen LogP contribution in [0, 0.1) is 0 Å². The van der Waals surface area contributed by atoms with Gasteiger partial charge in [-0.05, 0) is 26.3 Å². The maximum absolute atomic E-state index is 11.2. The predicted molar refractivity (Wildman–Crippen MR) is 58.4 cm³/mol. The molecule has 0 saturated carbocycles. The highest BCUT2D eigenvalue weighted by Gasteiger charge is 2.12. The second-order valence-electron chi connectivity index (χ2n) is 3.69. The number of nitrogens with two attached hydrogens (primary N) is 1. The van der Waals surface area contributed by atoms with E-state index in [9.17, 15) is 9.59 Å². The molecule has 0 aromatic heterocycles. The van der Waals surface area contributed by atoms with Gasteiger partial charge >= 0.3 is 5.97 Å². The van der Waals surface area contributed by atoms with E-state index >= 15 is 0 Å². The van der Waals surface area contributed by atoms with Crippen LogP contribution in [0.25, 0.3) is 0 Å². The van der Waals surface area contributed by atoms with Gasteiger partial charge in [0.25, 0.3) is 0 Å². The molecule has 15 heavy (non-hydrogen) atoms. The zero-order valence-corrected chi connectivity index (χ0v) is 9.62. The molecule has 0 spiro atoms. The van der Waals surface area contributed by atoms with Gasteiger partial charge in [0.05, 0.1) is 0 Å². The number of esters is 1. The summed E-state index contributed by atoms with van der Waals surface area (Å²) in [6.45, 7) is 4.18. The Labute approximate surface area is 91.2 Å². The van der Waals surface area contributed by atoms with E-state index in [2.05, 4.69) is 0 Å². The molecule has 2 N–H and O–H groups in total. The third-order valence-electron chi connectivity index (χ3n) is 1.96. The Morgan fingerprint density at radius 2 is 2.00 bits per heavy atom. The molecular weight excluding hydrogens is 194 g/mol. The average Bonchev–Trinajstić information content (AvgIpc) is 2.14. The van der Waals surface area contributed by atoms with Crippen LogP contribution in [0.4, 0.5) is 0 Å². The summed E-state index contributed by atoms with van der Waals surface area (Å²) >= 11 is 0. The second kappa shape index (κ2) is 8.41. The summed E-state index contributed by atoms with van der Waals surface area (Å²) in [6.07, 6.45) is 2.38. The Morgan fingerprint density at radius 1 is 1.33 bits per heavy atom. The molecule has 0 aliphatic heterocycles. The van der Waals surface area contributed by atoms with Crippen LogP contribution >= 0.6 is 0 Å². The summed E-state index contributed by atoms with van der Waals surface area (Å²) in [4.78, 5) is 22.4. The summed E-state index contributed by atoms with van der Waals surface area (Å²) in [6, 6.07) is 0. The van der Waals surface area contributed by atoms with Gasteiger partial charge in [0.1, 0.15) is 11.9 Å². The van der Waals surface area contributed by atoms with E-state index in [1.54, 1.807) is 6.92 Å². The molecule has 1 unspecified atom stereocenters. The van der Waals surface area contributed by atoms with Gasteiger partial charge in [-0.3, -0.25) is 9.59 Å². The molecule has 0 aromatic carbocycles. The van der Waals surface area contributed by atoms with Crippen molar-refractivity contribution in [2.45, 2.75) is 52.1 Å². The molecule has 0 amide bonds. The molecule has 0 radical (unpaired) electrons. The summed E-state index contributed by atoms with van der Waals surface area (Å²) in [5.74, 6) is -0.117. The minimum absolute atomic E-state index is 0.150. The third-order valence-corrected chi connectivity index (χ3v) is 1.96. The van der Waals surface area contributed by atoms with E-state index in [0.717, 1.165) is 6.42 Å². The van der Waals surface area contributed by atoms with Crippen LogP contribution in [0.15, 0.2) is 0 Å². The molecule has 0 aliphatic rings. The lowest BCUT2D eigenvalue weighted by atomic mass is 10.1. The van der Waals surface area contributed by atoms with Gasteiger partial charge in [-0.25, -0.2) is 0 Å². The summed E-state index contributed by atoms with van der Waals surface area (Å²) in [7, 11) is 0. The van der Waals surface area contributed by atoms with E-state index in [0.29, 0.717) is 32.2 Å². The first-order chi connectivity index (χ1) is 7.10. The Balaban J connectivity index is 3.67. The number of carbonyl (C=O) groups is 2. The van der Waals surface area contributed by atoms with Gasteiger partial charge in [0, 0.05) is 19.3 Å². The second-order valence-corrected chi connectivity index (χ2v) is 3.69. The van der Waals surface area contributed by atoms with Gasteiger partial charge in [0.2, 0.25) is 0 Å². The monoisotopic (exact) mass is 215 g/mol. The maximum Gasteiger partial charge on any atom is 0.306 e. The lowest BCUT2D eigenvalue weighted by Crippen LogP contribution is -2.19. The van der Waals surface area contributed by atoms with Gasteiger partial charge in [-0.15, -0.1) is 0 Å². The van der Waals surface area contributed by atoms with E-state index < -0.39 is 0 Å². The van der Waals surface area contributed by atoms with Gasteiger partial charge in [0.15, 0.2) is 0 Å². The first-order valence-corrected chi connectivity index (χ1v) is 5.51. The number of ether oxygens (including phenoxy) is 1. The van der Waals surface area contributed by atoms with E-state index in [1.807, 2.05) is 6.92 Å². The van der Waals surface area contributed by atoms with Crippen molar-refractivity contribution < 1.29 is 14.3 Å². The van der Waals surface area contributed by atoms with Crippen LogP contribution in [0.2, 0.25) is 0 Å². The van der Waals surface area contributed by atoms with Gasteiger partial charge in [-0.2, -0.15) is 0 Å². The smallest absolute Gasteiger partial charge is 0.306 e. The third kappa shape index (κ3) is 8.12. The van der Waals surface area contributed by atoms with Crippen LogP contribution in [0.5, 0.6) is 0 Å². The largest absolute Gasteiger partial charge is 0.462 e. The van der Waals surface area contributed by atoms with Crippen molar-refractivity contribution in [2.24, 2.45) is 5.73 Å². The molecular formula is C11H21NO3. The van der Waals surface area contributed by atoms with Crippen molar-refractivity contribution in [3.05, 3.63) is 0 Å². The summed E-state index contributed by atoms with van der Waals surface area (Å²) in [5, 5.41) is 0. The molecule has 88 valence electrons. The van der Waals surface area contributed by atoms with E-state index in [4.69, 9.17) is 10.5 Å². The minimum atomic E-state index is -0.311. The number of carbonyl (C=O) groups excluding carboxylic acids is 2. The quantitative estimate of drug-likeness (QED) is 0.622. The molecule has 0 rings (SSSR count). The number of hydrogen-bond acceptors (Lipinski definition) is 4. The van der Waals surface area contributed by atoms with Crippen LogP contribution in [-0.4, -0.2) is 24.4 Å². The number of Topliss-reactive ketones (excluding diaryl/α,β-unsaturated/α-hetero) is 1. The standard InChI is InChI=1S/C11H21NO3/c1-3-5-10(13)8-9(2)15-11(14)6-4-7-12/h9H,3-8,12H2,1-2H3. The SMILES string of the molecule is CCCC(=O)CC(C)OC(=O)CCCN. The molecule has 0 bridgehead atoms. The molecule has 0 heterocycles. The molecule has 1 atom stereocenters. The molecule has 4 nitrogen and oxygen atoms in total. The topological polar surface area (TPSA) is 69.4 Å². The van der Waals surface area contributed by atoms with Crippen molar-refractivity contribution in [3.8, 4) is 0 Å². The highest BCUT2D eigenvalue weighted by Crippen LogP contribution is 2.04. The van der Waals surface area contributed by atoms with Crippen molar-refractivity contribution in [1.29, 1.82) is 0 Å². The van der Waals surface area contributed by atoms with Crippen molar-refractivity contribution in [3.63, 3.8) is 0 Å². The minimum Gasteiger partial charge on any atom is -0.462 e.